The lowest BCUT2D eigenvalue weighted by Crippen LogP contribution is -2.67. The Labute approximate surface area is 275 Å². The number of carbonyl (C=O) groups is 4. The number of rotatable bonds is 10. The second-order valence-electron chi connectivity index (χ2n) is 17.3. The van der Waals surface area contributed by atoms with E-state index in [9.17, 15) is 29.4 Å². The molecule has 0 spiro atoms. The molecule has 7 unspecified atom stereocenters. The van der Waals surface area contributed by atoms with Crippen molar-refractivity contribution in [2.24, 2.45) is 56.7 Å². The summed E-state index contributed by atoms with van der Waals surface area (Å²) in [6, 6.07) is 0. The van der Waals surface area contributed by atoms with Gasteiger partial charge in [-0.1, -0.05) is 46.8 Å². The van der Waals surface area contributed by atoms with Crippen LogP contribution in [0.5, 0.6) is 0 Å². The van der Waals surface area contributed by atoms with E-state index in [2.05, 4.69) is 48.1 Å². The molecule has 0 aliphatic heterocycles. The van der Waals surface area contributed by atoms with Crippen LogP contribution in [0.4, 0.5) is 0 Å². The minimum atomic E-state index is -1.23. The van der Waals surface area contributed by atoms with Crippen LogP contribution in [-0.4, -0.2) is 36.6 Å². The molecular weight excluding hydrogens is 584 g/mol. The number of fused-ring (bicyclic) bond motifs is 7. The normalized spacial score (nSPS) is 42.4. The molecule has 0 aromatic heterocycles. The molecule has 8 heteroatoms. The fraction of sp³-hybridized carbons (Fsp3) is 0.842. The van der Waals surface area contributed by atoms with Gasteiger partial charge in [0.2, 0.25) is 0 Å². The second kappa shape index (κ2) is 12.3. The molecule has 0 bridgehead atoms. The maximum absolute atomic E-state index is 12.6. The predicted octanol–water partition coefficient (Wildman–Crippen LogP) is 5.16. The molecule has 0 aromatic carbocycles. The monoisotopic (exact) mass is 640 g/mol. The Balaban J connectivity index is 1.38. The summed E-state index contributed by atoms with van der Waals surface area (Å²) in [4.78, 5) is 47.0. The van der Waals surface area contributed by atoms with Crippen LogP contribution in [0.2, 0.25) is 0 Å². The fourth-order valence-corrected chi connectivity index (χ4v) is 12.6. The zero-order valence-corrected chi connectivity index (χ0v) is 29.0. The minimum absolute atomic E-state index is 0.101. The van der Waals surface area contributed by atoms with Crippen molar-refractivity contribution < 1.29 is 38.9 Å². The first kappa shape index (κ1) is 34.9. The molecule has 5 saturated carbocycles. The van der Waals surface area contributed by atoms with E-state index in [4.69, 9.17) is 9.47 Å². The van der Waals surface area contributed by atoms with Gasteiger partial charge in [0, 0.05) is 22.8 Å². The average molecular weight is 641 g/mol. The van der Waals surface area contributed by atoms with Gasteiger partial charge >= 0.3 is 11.9 Å². The molecule has 8 nitrogen and oxygen atoms in total. The van der Waals surface area contributed by atoms with E-state index in [0.717, 1.165) is 64.2 Å². The Hall–Kier alpha value is -2.38. The number of ether oxygens (including phenoxy) is 2. The van der Waals surface area contributed by atoms with Crippen molar-refractivity contribution in [3.05, 3.63) is 12.2 Å². The van der Waals surface area contributed by atoms with Crippen LogP contribution in [0.3, 0.4) is 0 Å². The van der Waals surface area contributed by atoms with Crippen LogP contribution in [0.15, 0.2) is 12.2 Å². The maximum Gasteiger partial charge on any atom is 0.306 e. The van der Waals surface area contributed by atoms with Crippen molar-refractivity contribution in [3.63, 3.8) is 0 Å². The summed E-state index contributed by atoms with van der Waals surface area (Å²) in [5, 5.41) is 21.8. The molecule has 5 aliphatic carbocycles. The zero-order chi connectivity index (χ0) is 33.9. The summed E-state index contributed by atoms with van der Waals surface area (Å²) in [7, 11) is 0. The number of allylic oxidation sites excluding steroid dienone is 1. The predicted molar refractivity (Wildman–Crippen MR) is 168 cm³/mol. The van der Waals surface area contributed by atoms with Crippen molar-refractivity contribution in [1.82, 2.24) is 0 Å². The molecule has 46 heavy (non-hydrogen) atoms. The molecule has 0 heterocycles. The highest BCUT2D eigenvalue weighted by molar-refractivity contribution is 5.76. The Morgan fingerprint density at radius 2 is 1.37 bits per heavy atom. The molecule has 0 amide bonds. The largest absolute Gasteiger partial charge is 0.550 e. The molecule has 0 saturated heterocycles. The van der Waals surface area contributed by atoms with Crippen molar-refractivity contribution in [2.75, 3.05) is 6.61 Å². The standard InChI is InChI=1S/C38H58O8/c1-23(2)24-14-19-38(22-45-31(43)12-10-29(39)40)21-20-36(6)25(33(24)38)8-9-27-35(5)17-16-28(46-32(44)13-11-30(41)42)34(3,4)26(35)15-18-37(27,36)7/h24-28,33H,1,8-22H2,2-7H3,(H,39,40)(H,41,42)/p-2/t24?,25?,26?,27?,28?,33?,35-,36+,37+,38?/m0/s1. The fourth-order valence-electron chi connectivity index (χ4n) is 12.6. The van der Waals surface area contributed by atoms with E-state index < -0.39 is 23.9 Å². The van der Waals surface area contributed by atoms with Gasteiger partial charge in [-0.25, -0.2) is 0 Å². The SMILES string of the molecule is C=C(C)C1CCC2(COC(=O)CCC(=O)[O-])CC[C@]3(C)C(CCC4[C@@]5(C)CCC(OC(=O)CCC(=O)[O-])C(C)(C)C5CC[C@]43C)C12. The third-order valence-electron chi connectivity index (χ3n) is 15.0. The van der Waals surface area contributed by atoms with Gasteiger partial charge in [-0.15, -0.1) is 0 Å². The average Bonchev–Trinajstić information content (AvgIpc) is 3.36. The number of carboxylic acids is 2. The van der Waals surface area contributed by atoms with E-state index in [0.29, 0.717) is 36.2 Å². The number of hydrogen-bond acceptors (Lipinski definition) is 8. The highest BCUT2D eigenvalue weighted by atomic mass is 16.5. The van der Waals surface area contributed by atoms with Crippen molar-refractivity contribution in [3.8, 4) is 0 Å². The Bertz CT molecular complexity index is 1250. The summed E-state index contributed by atoms with van der Waals surface area (Å²) in [6.07, 6.45) is 9.25. The summed E-state index contributed by atoms with van der Waals surface area (Å²) in [6.45, 7) is 19.1. The lowest BCUT2D eigenvalue weighted by molar-refractivity contribution is -0.307. The minimum Gasteiger partial charge on any atom is -0.550 e. The highest BCUT2D eigenvalue weighted by Gasteiger charge is 2.71. The molecule has 0 aromatic rings. The summed E-state index contributed by atoms with van der Waals surface area (Å²) >= 11 is 0. The van der Waals surface area contributed by atoms with E-state index in [1.54, 1.807) is 0 Å². The zero-order valence-electron chi connectivity index (χ0n) is 29.0. The Kier molecular flexibility index (Phi) is 9.31. The second-order valence-corrected chi connectivity index (χ2v) is 17.3. The van der Waals surface area contributed by atoms with Gasteiger partial charge in [0.1, 0.15) is 6.10 Å². The number of carboxylic acid groups (broad SMARTS) is 2. The highest BCUT2D eigenvalue weighted by Crippen LogP contribution is 2.77. The van der Waals surface area contributed by atoms with Crippen LogP contribution >= 0.6 is 0 Å². The topological polar surface area (TPSA) is 133 Å². The van der Waals surface area contributed by atoms with Crippen LogP contribution < -0.4 is 10.2 Å². The van der Waals surface area contributed by atoms with Crippen LogP contribution in [0.25, 0.3) is 0 Å². The Morgan fingerprint density at radius 1 is 0.717 bits per heavy atom. The van der Waals surface area contributed by atoms with Gasteiger partial charge < -0.3 is 29.3 Å². The quantitative estimate of drug-likeness (QED) is 0.236. The van der Waals surface area contributed by atoms with E-state index in [1.807, 2.05) is 0 Å². The van der Waals surface area contributed by atoms with Crippen molar-refractivity contribution in [2.45, 2.75) is 138 Å². The van der Waals surface area contributed by atoms with E-state index in [-0.39, 0.29) is 58.9 Å². The summed E-state index contributed by atoms with van der Waals surface area (Å²) in [5.41, 5.74) is 1.25. The third kappa shape index (κ3) is 5.61. The molecule has 0 N–H and O–H groups in total. The van der Waals surface area contributed by atoms with Crippen molar-refractivity contribution >= 4 is 23.9 Å². The molecule has 258 valence electrons. The van der Waals surface area contributed by atoms with Crippen molar-refractivity contribution in [1.29, 1.82) is 0 Å². The summed E-state index contributed by atoms with van der Waals surface area (Å²) < 4.78 is 11.8. The number of aliphatic carboxylic acids is 2. The first-order chi connectivity index (χ1) is 21.4. The Morgan fingerprint density at radius 3 is 2.00 bits per heavy atom. The summed E-state index contributed by atoms with van der Waals surface area (Å²) in [5.74, 6) is -1.17. The maximum atomic E-state index is 12.6. The van der Waals surface area contributed by atoms with Gasteiger partial charge in [0.25, 0.3) is 0 Å². The van der Waals surface area contributed by atoms with Gasteiger partial charge in [0.15, 0.2) is 0 Å². The molecule has 10 atom stereocenters. The number of esters is 2. The van der Waals surface area contributed by atoms with E-state index in [1.165, 1.54) is 5.57 Å². The molecular formula is C38H56O8-2. The number of hydrogen-bond donors (Lipinski definition) is 0. The first-order valence-corrected chi connectivity index (χ1v) is 17.8. The van der Waals surface area contributed by atoms with Gasteiger partial charge in [-0.05, 0) is 130 Å². The molecule has 5 rings (SSSR count). The van der Waals surface area contributed by atoms with Gasteiger partial charge in [-0.2, -0.15) is 0 Å². The van der Waals surface area contributed by atoms with Gasteiger partial charge in [-0.3, -0.25) is 9.59 Å². The van der Waals surface area contributed by atoms with Crippen LogP contribution in [0, 0.1) is 56.7 Å². The third-order valence-corrected chi connectivity index (χ3v) is 15.0. The van der Waals surface area contributed by atoms with Crippen LogP contribution in [0.1, 0.15) is 131 Å². The van der Waals surface area contributed by atoms with Crippen LogP contribution in [-0.2, 0) is 28.7 Å². The lowest BCUT2D eigenvalue weighted by atomic mass is 9.32. The lowest BCUT2D eigenvalue weighted by Gasteiger charge is -2.73. The smallest absolute Gasteiger partial charge is 0.306 e. The van der Waals surface area contributed by atoms with E-state index >= 15 is 0 Å². The molecule has 0 radical (unpaired) electrons. The van der Waals surface area contributed by atoms with Gasteiger partial charge in [0.05, 0.1) is 19.4 Å². The number of carbonyl (C=O) groups excluding carboxylic acids is 4. The molecule has 5 aliphatic rings. The molecule has 5 fully saturated rings. The first-order valence-electron chi connectivity index (χ1n) is 17.8.